The molecule has 1 fully saturated rings. The van der Waals surface area contributed by atoms with E-state index < -0.39 is 5.92 Å². The van der Waals surface area contributed by atoms with Gasteiger partial charge in [0.25, 0.3) is 0 Å². The van der Waals surface area contributed by atoms with E-state index in [0.29, 0.717) is 18.4 Å². The summed E-state index contributed by atoms with van der Waals surface area (Å²) in [5.74, 6) is 1.70. The van der Waals surface area contributed by atoms with Gasteiger partial charge in [0.05, 0.1) is 18.7 Å². The Morgan fingerprint density at radius 2 is 2.19 bits per heavy atom. The van der Waals surface area contributed by atoms with Gasteiger partial charge in [-0.1, -0.05) is 12.8 Å². The van der Waals surface area contributed by atoms with E-state index in [9.17, 15) is 0 Å². The molecule has 1 unspecified atom stereocenters. The molecule has 0 aliphatic carbocycles. The predicted octanol–water partition coefficient (Wildman–Crippen LogP) is 2.17. The van der Waals surface area contributed by atoms with Gasteiger partial charge in [-0.15, -0.1) is 0 Å². The number of hydrogen-bond donors (Lipinski definition) is 1. The Bertz CT molecular complexity index is 706. The van der Waals surface area contributed by atoms with E-state index in [-0.39, 0.29) is 0 Å². The number of aliphatic imine (C=N–C) groups is 1. The van der Waals surface area contributed by atoms with Crippen LogP contribution in [0.3, 0.4) is 0 Å². The van der Waals surface area contributed by atoms with Gasteiger partial charge in [0.15, 0.2) is 11.8 Å². The number of hydrogen-bond acceptors (Lipinski definition) is 7. The number of nitrogens with zero attached hydrogens (tertiary/aromatic N) is 5. The molecule has 1 atom stereocenters. The lowest BCUT2D eigenvalue weighted by molar-refractivity contribution is 0.425. The summed E-state index contributed by atoms with van der Waals surface area (Å²) in [7, 11) is 2.01. The van der Waals surface area contributed by atoms with Crippen molar-refractivity contribution in [2.24, 2.45) is 10.9 Å². The number of nitrogens with one attached hydrogen (secondary N) is 1. The van der Waals surface area contributed by atoms with Crippen LogP contribution in [0.25, 0.3) is 0 Å². The second-order valence-corrected chi connectivity index (χ2v) is 7.28. The van der Waals surface area contributed by atoms with Crippen molar-refractivity contribution >= 4 is 11.7 Å². The van der Waals surface area contributed by atoms with Gasteiger partial charge in [-0.2, -0.15) is 10.5 Å². The zero-order chi connectivity index (χ0) is 19.1. The lowest BCUT2D eigenvalue weighted by Gasteiger charge is -2.24. The van der Waals surface area contributed by atoms with Gasteiger partial charge < -0.3 is 19.5 Å². The van der Waals surface area contributed by atoms with Crippen LogP contribution in [0.1, 0.15) is 31.4 Å². The fourth-order valence-corrected chi connectivity index (χ4v) is 3.72. The lowest BCUT2D eigenvalue weighted by atomic mass is 10.1. The third-order valence-electron chi connectivity index (χ3n) is 5.32. The summed E-state index contributed by atoms with van der Waals surface area (Å²) >= 11 is 0. The summed E-state index contributed by atoms with van der Waals surface area (Å²) in [6.45, 7) is 3.98. The van der Waals surface area contributed by atoms with Crippen molar-refractivity contribution in [3.63, 3.8) is 0 Å². The molecule has 3 heterocycles. The fraction of sp³-hybridized carbons (Fsp3) is 0.650. The lowest BCUT2D eigenvalue weighted by Crippen LogP contribution is -2.38. The van der Waals surface area contributed by atoms with Crippen LogP contribution in [0.15, 0.2) is 21.5 Å². The molecule has 0 spiro atoms. The standard InChI is InChI=1S/C20H28N6O/c1-25(11-12-26-10-9-24-20(26)16(14-21)15-22)19-7-6-18(27-19)13-17-5-3-2-4-8-23-17/h6-7,16-17,23H,2-5,8-13H2,1H3. The highest BCUT2D eigenvalue weighted by atomic mass is 16.4. The summed E-state index contributed by atoms with van der Waals surface area (Å²) in [5, 5.41) is 21.8. The van der Waals surface area contributed by atoms with Crippen LogP contribution in [-0.4, -0.2) is 56.5 Å². The maximum atomic E-state index is 9.10. The molecule has 0 radical (unpaired) electrons. The minimum absolute atomic E-state index is 0.508. The number of likely N-dealkylation sites (N-methyl/N-ethyl adjacent to an activating group) is 1. The maximum Gasteiger partial charge on any atom is 0.195 e. The molecule has 0 saturated carbocycles. The molecule has 1 aromatic heterocycles. The van der Waals surface area contributed by atoms with Gasteiger partial charge in [0, 0.05) is 45.2 Å². The second kappa shape index (κ2) is 9.43. The quantitative estimate of drug-likeness (QED) is 0.793. The number of nitriles is 2. The van der Waals surface area contributed by atoms with Crippen LogP contribution in [0, 0.1) is 28.6 Å². The number of furan rings is 1. The third kappa shape index (κ3) is 5.02. The highest BCUT2D eigenvalue weighted by molar-refractivity contribution is 5.90. The molecule has 7 nitrogen and oxygen atoms in total. The Balaban J connectivity index is 1.51. The van der Waals surface area contributed by atoms with Gasteiger partial charge in [-0.05, 0) is 25.5 Å². The summed E-state index contributed by atoms with van der Waals surface area (Å²) in [6.07, 6.45) is 6.01. The van der Waals surface area contributed by atoms with E-state index in [4.69, 9.17) is 14.9 Å². The van der Waals surface area contributed by atoms with Crippen molar-refractivity contribution < 1.29 is 4.42 Å². The number of rotatable bonds is 7. The molecule has 2 aliphatic rings. The molecular formula is C20H28N6O. The van der Waals surface area contributed by atoms with Gasteiger partial charge in [-0.25, -0.2) is 0 Å². The van der Waals surface area contributed by atoms with Crippen LogP contribution in [-0.2, 0) is 6.42 Å². The first kappa shape index (κ1) is 19.3. The minimum Gasteiger partial charge on any atom is -0.446 e. The summed E-state index contributed by atoms with van der Waals surface area (Å²) in [4.78, 5) is 8.45. The van der Waals surface area contributed by atoms with Crippen LogP contribution in [0.5, 0.6) is 0 Å². The van der Waals surface area contributed by atoms with E-state index >= 15 is 0 Å². The smallest absolute Gasteiger partial charge is 0.195 e. The van der Waals surface area contributed by atoms with Gasteiger partial charge in [-0.3, -0.25) is 4.99 Å². The van der Waals surface area contributed by atoms with E-state index in [1.165, 1.54) is 25.7 Å². The first-order valence-corrected chi connectivity index (χ1v) is 9.83. The topological polar surface area (TPSA) is 91.6 Å². The van der Waals surface area contributed by atoms with E-state index in [0.717, 1.165) is 44.2 Å². The van der Waals surface area contributed by atoms with Crippen LogP contribution >= 0.6 is 0 Å². The largest absolute Gasteiger partial charge is 0.446 e. The molecule has 7 heteroatoms. The number of anilines is 1. The van der Waals surface area contributed by atoms with Crippen molar-refractivity contribution in [3.05, 3.63) is 17.9 Å². The highest BCUT2D eigenvalue weighted by Gasteiger charge is 2.25. The molecule has 0 amide bonds. The van der Waals surface area contributed by atoms with Crippen molar-refractivity contribution in [2.45, 2.75) is 38.1 Å². The van der Waals surface area contributed by atoms with Crippen molar-refractivity contribution in [2.75, 3.05) is 44.7 Å². The van der Waals surface area contributed by atoms with E-state index in [1.807, 2.05) is 30.2 Å². The minimum atomic E-state index is -0.778. The fourth-order valence-electron chi connectivity index (χ4n) is 3.72. The normalized spacial score (nSPS) is 20.1. The van der Waals surface area contributed by atoms with Crippen LogP contribution in [0.4, 0.5) is 5.88 Å². The second-order valence-electron chi connectivity index (χ2n) is 7.28. The highest BCUT2D eigenvalue weighted by Crippen LogP contribution is 2.21. The molecule has 27 heavy (non-hydrogen) atoms. The average molecular weight is 368 g/mol. The molecule has 1 N–H and O–H groups in total. The first-order valence-electron chi connectivity index (χ1n) is 9.83. The molecule has 0 bridgehead atoms. The SMILES string of the molecule is CN(CCN1CCN=C1C(C#N)C#N)c1ccc(CC2CCCCCN2)o1. The van der Waals surface area contributed by atoms with Crippen molar-refractivity contribution in [1.29, 1.82) is 10.5 Å². The van der Waals surface area contributed by atoms with E-state index in [2.05, 4.69) is 21.3 Å². The molecule has 1 aromatic rings. The summed E-state index contributed by atoms with van der Waals surface area (Å²) in [5.41, 5.74) is 0. The molecule has 0 aromatic carbocycles. The van der Waals surface area contributed by atoms with E-state index in [1.54, 1.807) is 0 Å². The summed E-state index contributed by atoms with van der Waals surface area (Å²) < 4.78 is 6.05. The Morgan fingerprint density at radius 3 is 3.00 bits per heavy atom. The molecule has 2 aliphatic heterocycles. The Hall–Kier alpha value is -2.51. The Morgan fingerprint density at radius 1 is 1.33 bits per heavy atom. The monoisotopic (exact) mass is 368 g/mol. The van der Waals surface area contributed by atoms with Crippen LogP contribution in [0.2, 0.25) is 0 Å². The van der Waals surface area contributed by atoms with Gasteiger partial charge in [0.2, 0.25) is 0 Å². The first-order chi connectivity index (χ1) is 13.2. The average Bonchev–Trinajstić information content (AvgIpc) is 3.26. The zero-order valence-corrected chi connectivity index (χ0v) is 16.0. The van der Waals surface area contributed by atoms with Crippen molar-refractivity contribution in [3.8, 4) is 12.1 Å². The molecule has 1 saturated heterocycles. The summed E-state index contributed by atoms with van der Waals surface area (Å²) in [6, 6.07) is 8.64. The maximum absolute atomic E-state index is 9.10. The Kier molecular flexibility index (Phi) is 6.73. The third-order valence-corrected chi connectivity index (χ3v) is 5.32. The zero-order valence-electron chi connectivity index (χ0n) is 16.0. The molecule has 3 rings (SSSR count). The molecule has 144 valence electrons. The van der Waals surface area contributed by atoms with Gasteiger partial charge >= 0.3 is 0 Å². The number of amidine groups is 1. The molecular weight excluding hydrogens is 340 g/mol. The predicted molar refractivity (Wildman–Crippen MR) is 105 cm³/mol. The van der Waals surface area contributed by atoms with Crippen LogP contribution < -0.4 is 10.2 Å². The Labute approximate surface area is 161 Å². The van der Waals surface area contributed by atoms with Gasteiger partial charge in [0.1, 0.15) is 11.6 Å². The van der Waals surface area contributed by atoms with Crippen molar-refractivity contribution in [1.82, 2.24) is 10.2 Å².